The largest absolute Gasteiger partial charge is 0.490 e. The average Bonchev–Trinajstić information content (AvgIpc) is 3.38. The summed E-state index contributed by atoms with van der Waals surface area (Å²) in [7, 11) is 1.74. The van der Waals surface area contributed by atoms with Gasteiger partial charge in [-0.3, -0.25) is 5.41 Å². The van der Waals surface area contributed by atoms with E-state index in [4.69, 9.17) is 15.9 Å². The second-order valence-corrected chi connectivity index (χ2v) is 6.09. The molecule has 8 heteroatoms. The Hall–Kier alpha value is -2.87. The topological polar surface area (TPSA) is 132 Å². The van der Waals surface area contributed by atoms with Gasteiger partial charge >= 0.3 is 5.69 Å². The van der Waals surface area contributed by atoms with E-state index in [1.165, 1.54) is 5.56 Å². The smallest absolute Gasteiger partial charge is 0.349 e. The van der Waals surface area contributed by atoms with Gasteiger partial charge in [0.1, 0.15) is 18.2 Å². The van der Waals surface area contributed by atoms with Gasteiger partial charge in [-0.2, -0.15) is 4.98 Å². The van der Waals surface area contributed by atoms with Crippen LogP contribution in [0.5, 0.6) is 5.75 Å². The van der Waals surface area contributed by atoms with E-state index in [0.29, 0.717) is 19.0 Å². The van der Waals surface area contributed by atoms with Gasteiger partial charge in [0, 0.05) is 30.8 Å². The van der Waals surface area contributed by atoms with Gasteiger partial charge in [0.15, 0.2) is 0 Å². The number of nitrogens with one attached hydrogen (secondary N) is 2. The zero-order chi connectivity index (χ0) is 18.0. The predicted octanol–water partition coefficient (Wildman–Crippen LogP) is 0.807. The number of anilines is 2. The summed E-state index contributed by atoms with van der Waals surface area (Å²) in [6, 6.07) is 6.05. The van der Waals surface area contributed by atoms with Crippen molar-refractivity contribution in [2.45, 2.75) is 18.3 Å². The lowest BCUT2D eigenvalue weighted by Crippen LogP contribution is -2.28. The lowest BCUT2D eigenvalue weighted by molar-refractivity contribution is 0.329. The number of benzene rings is 1. The predicted molar refractivity (Wildman–Crippen MR) is 96.7 cm³/mol. The number of fused-ring (bicyclic) bond motifs is 4. The van der Waals surface area contributed by atoms with Crippen LogP contribution in [0.15, 0.2) is 29.2 Å². The summed E-state index contributed by atoms with van der Waals surface area (Å²) in [5.41, 5.74) is 12.9. The zero-order valence-corrected chi connectivity index (χ0v) is 14.1. The first-order valence-corrected chi connectivity index (χ1v) is 8.09. The van der Waals surface area contributed by atoms with Gasteiger partial charge in [0.05, 0.1) is 12.0 Å². The fraction of sp³-hybridized carbons (Fsp3) is 0.353. The normalized spacial score (nSPS) is 15.1. The number of nitrogens with two attached hydrogens (primary N) is 2. The molecule has 0 bridgehead atoms. The summed E-state index contributed by atoms with van der Waals surface area (Å²) in [6.45, 7) is 0.923. The maximum Gasteiger partial charge on any atom is 0.349 e. The van der Waals surface area contributed by atoms with Crippen molar-refractivity contribution in [3.63, 3.8) is 0 Å². The number of hydrogen-bond donors (Lipinski definition) is 4. The first-order valence-electron chi connectivity index (χ1n) is 8.09. The SMILES string of the molecule is Cn1cc2c(nc1=O)Nc1c(OCCN)cccc1C21CC1.N=CN. The quantitative estimate of drug-likeness (QED) is 0.482. The molecular weight excluding hydrogens is 320 g/mol. The van der Waals surface area contributed by atoms with E-state index in [9.17, 15) is 4.79 Å². The van der Waals surface area contributed by atoms with Crippen molar-refractivity contribution < 1.29 is 4.74 Å². The molecule has 0 radical (unpaired) electrons. The lowest BCUT2D eigenvalue weighted by Gasteiger charge is -2.30. The highest BCUT2D eigenvalue weighted by Gasteiger charge is 2.52. The van der Waals surface area contributed by atoms with Crippen LogP contribution in [0.2, 0.25) is 0 Å². The Kier molecular flexibility index (Phi) is 4.45. The van der Waals surface area contributed by atoms with E-state index in [1.54, 1.807) is 11.6 Å². The van der Waals surface area contributed by atoms with Gasteiger partial charge in [-0.1, -0.05) is 12.1 Å². The molecule has 1 aliphatic carbocycles. The molecule has 1 aliphatic heterocycles. The number of aromatic nitrogens is 2. The maximum absolute atomic E-state index is 11.9. The molecule has 1 spiro atoms. The van der Waals surface area contributed by atoms with Gasteiger partial charge in [0.25, 0.3) is 0 Å². The fourth-order valence-corrected chi connectivity index (χ4v) is 3.27. The molecule has 0 saturated heterocycles. The number of para-hydroxylation sites is 1. The molecule has 2 aromatic rings. The van der Waals surface area contributed by atoms with Gasteiger partial charge in [-0.15, -0.1) is 0 Å². The standard InChI is InChI=1S/C16H18N4O2.CH4N2/c1-20-9-11-14(19-15(20)21)18-13-10(16(11)5-6-16)3-2-4-12(13)22-8-7-17;2-1-3/h2-4,9H,5-8,17H2,1H3,(H,18,19,21);1H,(H3,2,3). The summed E-state index contributed by atoms with van der Waals surface area (Å²) in [4.78, 5) is 16.0. The molecule has 2 aliphatic rings. The Morgan fingerprint density at radius 1 is 1.44 bits per heavy atom. The van der Waals surface area contributed by atoms with Gasteiger partial charge in [-0.05, 0) is 24.5 Å². The van der Waals surface area contributed by atoms with Crippen molar-refractivity contribution >= 4 is 17.8 Å². The van der Waals surface area contributed by atoms with Gasteiger partial charge < -0.3 is 26.1 Å². The molecule has 1 aromatic heterocycles. The van der Waals surface area contributed by atoms with Crippen LogP contribution in [-0.2, 0) is 12.5 Å². The molecular formula is C17H22N6O2. The van der Waals surface area contributed by atoms with Crippen LogP contribution in [0, 0.1) is 5.41 Å². The number of hydrogen-bond acceptors (Lipinski definition) is 6. The van der Waals surface area contributed by atoms with E-state index in [0.717, 1.165) is 36.2 Å². The van der Waals surface area contributed by atoms with Crippen molar-refractivity contribution in [3.05, 3.63) is 46.0 Å². The third-order valence-electron chi connectivity index (χ3n) is 4.51. The molecule has 25 heavy (non-hydrogen) atoms. The highest BCUT2D eigenvalue weighted by Crippen LogP contribution is 2.60. The highest BCUT2D eigenvalue weighted by atomic mass is 16.5. The minimum absolute atomic E-state index is 0.0313. The number of nitrogens with zero attached hydrogens (tertiary/aromatic N) is 2. The van der Waals surface area contributed by atoms with Crippen LogP contribution in [0.25, 0.3) is 0 Å². The Balaban J connectivity index is 0.000000569. The second-order valence-electron chi connectivity index (χ2n) is 6.09. The summed E-state index contributed by atoms with van der Waals surface area (Å²) in [6.07, 6.45) is 4.78. The van der Waals surface area contributed by atoms with Crippen LogP contribution < -0.4 is 27.2 Å². The molecule has 1 fully saturated rings. The van der Waals surface area contributed by atoms with Gasteiger partial charge in [-0.25, -0.2) is 4.79 Å². The van der Waals surface area contributed by atoms with Crippen molar-refractivity contribution in [3.8, 4) is 5.75 Å². The fourth-order valence-electron chi connectivity index (χ4n) is 3.27. The van der Waals surface area contributed by atoms with E-state index in [1.807, 2.05) is 18.3 Å². The minimum atomic E-state index is -0.258. The van der Waals surface area contributed by atoms with Crippen LogP contribution >= 0.6 is 0 Å². The average molecular weight is 342 g/mol. The van der Waals surface area contributed by atoms with E-state index < -0.39 is 0 Å². The second kappa shape index (κ2) is 6.56. The first-order chi connectivity index (χ1) is 12.1. The summed E-state index contributed by atoms with van der Waals surface area (Å²) in [5.74, 6) is 1.42. The maximum atomic E-state index is 11.9. The van der Waals surface area contributed by atoms with Crippen LogP contribution in [0.4, 0.5) is 11.5 Å². The molecule has 4 rings (SSSR count). The van der Waals surface area contributed by atoms with E-state index >= 15 is 0 Å². The first kappa shape index (κ1) is 17.0. The number of rotatable bonds is 3. The minimum Gasteiger partial charge on any atom is -0.490 e. The van der Waals surface area contributed by atoms with Crippen molar-refractivity contribution in [1.29, 1.82) is 5.41 Å². The van der Waals surface area contributed by atoms with Crippen molar-refractivity contribution in [2.24, 2.45) is 18.5 Å². The molecule has 6 N–H and O–H groups in total. The molecule has 132 valence electrons. The number of aryl methyl sites for hydroxylation is 1. The molecule has 1 aromatic carbocycles. The molecule has 0 atom stereocenters. The third kappa shape index (κ3) is 2.85. The Morgan fingerprint density at radius 3 is 2.80 bits per heavy atom. The van der Waals surface area contributed by atoms with E-state index in [-0.39, 0.29) is 11.1 Å². The van der Waals surface area contributed by atoms with Gasteiger partial charge in [0.2, 0.25) is 0 Å². The molecule has 1 saturated carbocycles. The van der Waals surface area contributed by atoms with E-state index in [2.05, 4.69) is 22.1 Å². The summed E-state index contributed by atoms with van der Waals surface area (Å²) >= 11 is 0. The zero-order valence-electron chi connectivity index (χ0n) is 14.1. The Morgan fingerprint density at radius 2 is 2.16 bits per heavy atom. The summed E-state index contributed by atoms with van der Waals surface area (Å²) < 4.78 is 7.29. The van der Waals surface area contributed by atoms with Crippen LogP contribution in [0.1, 0.15) is 24.0 Å². The molecule has 0 amide bonds. The molecule has 8 nitrogen and oxygen atoms in total. The lowest BCUT2D eigenvalue weighted by atomic mass is 9.85. The number of ether oxygens (including phenoxy) is 1. The monoisotopic (exact) mass is 342 g/mol. The van der Waals surface area contributed by atoms with Crippen LogP contribution in [0.3, 0.4) is 0 Å². The summed E-state index contributed by atoms with van der Waals surface area (Å²) in [5, 5.41) is 9.15. The highest BCUT2D eigenvalue weighted by molar-refractivity contribution is 5.79. The third-order valence-corrected chi connectivity index (χ3v) is 4.51. The van der Waals surface area contributed by atoms with Crippen LogP contribution in [-0.4, -0.2) is 29.0 Å². The molecule has 0 unspecified atom stereocenters. The molecule has 2 heterocycles. The Labute approximate surface area is 145 Å². The van der Waals surface area contributed by atoms with Crippen molar-refractivity contribution in [1.82, 2.24) is 9.55 Å². The Bertz CT molecular complexity index is 857. The van der Waals surface area contributed by atoms with Crippen molar-refractivity contribution in [2.75, 3.05) is 18.5 Å².